The van der Waals surface area contributed by atoms with Crippen LogP contribution in [0.3, 0.4) is 0 Å². The fourth-order valence-electron chi connectivity index (χ4n) is 4.61. The maximum Gasteiger partial charge on any atom is 0.417 e. The van der Waals surface area contributed by atoms with Crippen LogP contribution in [0.25, 0.3) is 5.69 Å². The van der Waals surface area contributed by atoms with E-state index in [1.54, 1.807) is 29.2 Å². The Morgan fingerprint density at radius 2 is 1.88 bits per heavy atom. The molecular weight excluding hydrogens is 428 g/mol. The Morgan fingerprint density at radius 3 is 2.56 bits per heavy atom. The topological polar surface area (TPSA) is 75.9 Å². The number of likely N-dealkylation sites (tertiary alicyclic amines) is 1. The number of fused-ring (bicyclic) bond motifs is 2. The van der Waals surface area contributed by atoms with Crippen LogP contribution in [0.2, 0.25) is 0 Å². The third-order valence-corrected chi connectivity index (χ3v) is 6.00. The van der Waals surface area contributed by atoms with Gasteiger partial charge in [0.2, 0.25) is 0 Å². The lowest BCUT2D eigenvalue weighted by Gasteiger charge is -2.34. The maximum absolute atomic E-state index is 14.3. The van der Waals surface area contributed by atoms with Crippen molar-refractivity contribution in [3.8, 4) is 5.69 Å². The minimum atomic E-state index is -4.67. The third kappa shape index (κ3) is 3.57. The van der Waals surface area contributed by atoms with E-state index >= 15 is 0 Å². The summed E-state index contributed by atoms with van der Waals surface area (Å²) < 4.78 is 52.6. The maximum atomic E-state index is 14.3. The van der Waals surface area contributed by atoms with Crippen LogP contribution in [0.1, 0.15) is 28.8 Å². The summed E-state index contributed by atoms with van der Waals surface area (Å²) in [7, 11) is 0. The number of aromatic nitrogens is 4. The lowest BCUT2D eigenvalue weighted by Crippen LogP contribution is -2.48. The second-order valence-electron chi connectivity index (χ2n) is 8.00. The van der Waals surface area contributed by atoms with Crippen LogP contribution in [-0.4, -0.2) is 49.4 Å². The zero-order valence-electron chi connectivity index (χ0n) is 16.6. The molecule has 1 aromatic carbocycles. The largest absolute Gasteiger partial charge is 0.417 e. The molecule has 1 aliphatic carbocycles. The van der Waals surface area contributed by atoms with Gasteiger partial charge in [-0.05, 0) is 37.0 Å². The van der Waals surface area contributed by atoms with Gasteiger partial charge in [-0.25, -0.2) is 9.37 Å². The standard InChI is InChI=1S/C21H18F4N6O/c22-15-9-13(21(23,24)25)10-26-19(15)29-16-7-12-8-18(16)30(11-12)20(32)14-3-1-2-4-17(14)31-27-5-6-28-31/h1-6,9-10,12,16,18H,7-8,11H2,(H,26,29)/t12-,16+,18-/m0/s1. The molecule has 1 saturated carbocycles. The SMILES string of the molecule is O=C(c1ccccc1-n1nccn1)N1C[C@H]2C[C@@H](Nc3ncc(C(F)(F)F)cc3F)[C@@H]1C2. The molecule has 1 N–H and O–H groups in total. The number of rotatable bonds is 4. The first kappa shape index (κ1) is 20.4. The van der Waals surface area contributed by atoms with E-state index in [1.807, 2.05) is 0 Å². The van der Waals surface area contributed by atoms with E-state index in [9.17, 15) is 22.4 Å². The lowest BCUT2D eigenvalue weighted by atomic mass is 10.0. The van der Waals surface area contributed by atoms with Gasteiger partial charge in [0.25, 0.3) is 5.91 Å². The third-order valence-electron chi connectivity index (χ3n) is 6.00. The zero-order valence-corrected chi connectivity index (χ0v) is 16.6. The highest BCUT2D eigenvalue weighted by Gasteiger charge is 2.47. The lowest BCUT2D eigenvalue weighted by molar-refractivity contribution is -0.138. The highest BCUT2D eigenvalue weighted by Crippen LogP contribution is 2.40. The van der Waals surface area contributed by atoms with Crippen molar-refractivity contribution in [3.63, 3.8) is 0 Å². The smallest absolute Gasteiger partial charge is 0.363 e. The molecule has 2 aliphatic rings. The van der Waals surface area contributed by atoms with Crippen LogP contribution in [0.5, 0.6) is 0 Å². The summed E-state index contributed by atoms with van der Waals surface area (Å²) in [5.74, 6) is -1.30. The zero-order chi connectivity index (χ0) is 22.5. The average molecular weight is 446 g/mol. The molecule has 2 bridgehead atoms. The molecule has 32 heavy (non-hydrogen) atoms. The summed E-state index contributed by atoms with van der Waals surface area (Å²) in [4.78, 5) is 20.1. The highest BCUT2D eigenvalue weighted by atomic mass is 19.4. The van der Waals surface area contributed by atoms with Crippen LogP contribution in [-0.2, 0) is 6.18 Å². The molecule has 166 valence electrons. The average Bonchev–Trinajstić information content (AvgIpc) is 3.51. The highest BCUT2D eigenvalue weighted by molar-refractivity contribution is 5.98. The number of carbonyl (C=O) groups is 1. The van der Waals surface area contributed by atoms with Crippen molar-refractivity contribution >= 4 is 11.7 Å². The monoisotopic (exact) mass is 446 g/mol. The Balaban J connectivity index is 1.37. The number of pyridine rings is 1. The quantitative estimate of drug-likeness (QED) is 0.621. The normalized spacial score (nSPS) is 22.4. The van der Waals surface area contributed by atoms with Gasteiger partial charge in [-0.3, -0.25) is 4.79 Å². The molecule has 1 saturated heterocycles. The molecule has 3 aromatic rings. The minimum absolute atomic E-state index is 0.197. The number of hydrogen-bond acceptors (Lipinski definition) is 5. The Kier molecular flexibility index (Phi) is 4.83. The van der Waals surface area contributed by atoms with Crippen molar-refractivity contribution in [2.45, 2.75) is 31.1 Å². The molecule has 1 aliphatic heterocycles. The molecule has 11 heteroatoms. The van der Waals surface area contributed by atoms with Gasteiger partial charge in [-0.15, -0.1) is 0 Å². The number of carbonyl (C=O) groups excluding carboxylic acids is 1. The van der Waals surface area contributed by atoms with Crippen LogP contribution in [0.15, 0.2) is 48.9 Å². The summed E-state index contributed by atoms with van der Waals surface area (Å²) >= 11 is 0. The Hall–Kier alpha value is -3.50. The van der Waals surface area contributed by atoms with Crippen LogP contribution >= 0.6 is 0 Å². The molecule has 5 rings (SSSR count). The van der Waals surface area contributed by atoms with Gasteiger partial charge in [-0.2, -0.15) is 28.2 Å². The molecule has 0 spiro atoms. The minimum Gasteiger partial charge on any atom is -0.363 e. The number of amides is 1. The van der Waals surface area contributed by atoms with Crippen LogP contribution in [0.4, 0.5) is 23.4 Å². The summed E-state index contributed by atoms with van der Waals surface area (Å²) in [6, 6.07) is 6.88. The van der Waals surface area contributed by atoms with Gasteiger partial charge in [0.05, 0.1) is 35.2 Å². The van der Waals surface area contributed by atoms with E-state index in [1.165, 1.54) is 17.2 Å². The van der Waals surface area contributed by atoms with Gasteiger partial charge < -0.3 is 10.2 Å². The van der Waals surface area contributed by atoms with Gasteiger partial charge in [0.15, 0.2) is 11.6 Å². The van der Waals surface area contributed by atoms with E-state index in [2.05, 4.69) is 20.5 Å². The summed E-state index contributed by atoms with van der Waals surface area (Å²) in [5, 5.41) is 11.1. The summed E-state index contributed by atoms with van der Waals surface area (Å²) in [5.41, 5.74) is -0.159. The fraction of sp³-hybridized carbons (Fsp3) is 0.333. The Morgan fingerprint density at radius 1 is 1.12 bits per heavy atom. The number of hydrogen-bond donors (Lipinski definition) is 1. The molecule has 2 fully saturated rings. The number of nitrogens with one attached hydrogen (secondary N) is 1. The summed E-state index contributed by atoms with van der Waals surface area (Å²) in [6.45, 7) is 0.561. The first-order chi connectivity index (χ1) is 15.3. The molecule has 2 aromatic heterocycles. The van der Waals surface area contributed by atoms with Crippen molar-refractivity contribution in [1.29, 1.82) is 0 Å². The van der Waals surface area contributed by atoms with Crippen LogP contribution < -0.4 is 5.32 Å². The molecule has 7 nitrogen and oxygen atoms in total. The Labute approximate surface area is 180 Å². The molecule has 0 radical (unpaired) electrons. The first-order valence-corrected chi connectivity index (χ1v) is 10.1. The number of anilines is 1. The predicted molar refractivity (Wildman–Crippen MR) is 106 cm³/mol. The molecule has 0 unspecified atom stereocenters. The first-order valence-electron chi connectivity index (χ1n) is 10.1. The summed E-state index contributed by atoms with van der Waals surface area (Å²) in [6.07, 6.45) is 0.385. The molecule has 3 atom stereocenters. The van der Waals surface area contributed by atoms with E-state index in [0.717, 1.165) is 6.42 Å². The number of halogens is 4. The van der Waals surface area contributed by atoms with Crippen molar-refractivity contribution < 1.29 is 22.4 Å². The predicted octanol–water partition coefficient (Wildman–Crippen LogP) is 3.54. The van der Waals surface area contributed by atoms with Crippen molar-refractivity contribution in [1.82, 2.24) is 24.9 Å². The van der Waals surface area contributed by atoms with Gasteiger partial charge >= 0.3 is 6.18 Å². The van der Waals surface area contributed by atoms with Gasteiger partial charge in [-0.1, -0.05) is 12.1 Å². The van der Waals surface area contributed by atoms with Crippen molar-refractivity contribution in [3.05, 3.63) is 65.9 Å². The Bertz CT molecular complexity index is 1150. The second-order valence-corrected chi connectivity index (χ2v) is 8.00. The van der Waals surface area contributed by atoms with E-state index in [-0.39, 0.29) is 29.7 Å². The van der Waals surface area contributed by atoms with E-state index in [0.29, 0.717) is 36.5 Å². The number of alkyl halides is 3. The van der Waals surface area contributed by atoms with Crippen molar-refractivity contribution in [2.24, 2.45) is 5.92 Å². The molecule has 3 heterocycles. The molecule has 1 amide bonds. The second kappa shape index (κ2) is 7.57. The number of piperidine rings is 1. The fourth-order valence-corrected chi connectivity index (χ4v) is 4.61. The van der Waals surface area contributed by atoms with Gasteiger partial charge in [0, 0.05) is 18.8 Å². The number of benzene rings is 1. The van der Waals surface area contributed by atoms with Crippen molar-refractivity contribution in [2.75, 3.05) is 11.9 Å². The van der Waals surface area contributed by atoms with E-state index in [4.69, 9.17) is 0 Å². The number of para-hydroxylation sites is 1. The van der Waals surface area contributed by atoms with Crippen LogP contribution in [0, 0.1) is 11.7 Å². The van der Waals surface area contributed by atoms with Gasteiger partial charge in [0.1, 0.15) is 0 Å². The van der Waals surface area contributed by atoms with E-state index < -0.39 is 17.6 Å². The molecular formula is C21H18F4N6O. The number of nitrogens with zero attached hydrogens (tertiary/aromatic N) is 5.